The topological polar surface area (TPSA) is 12.0 Å². The molecule has 3 heteroatoms. The third kappa shape index (κ3) is 3.20. The number of rotatable bonds is 2. The van der Waals surface area contributed by atoms with Crippen LogP contribution in [-0.2, 0) is 0 Å². The van der Waals surface area contributed by atoms with Crippen LogP contribution >= 0.6 is 5.66 Å². The van der Waals surface area contributed by atoms with Crippen LogP contribution in [-0.4, -0.2) is 31.5 Å². The van der Waals surface area contributed by atoms with E-state index in [0.29, 0.717) is 16.4 Å². The van der Waals surface area contributed by atoms with Gasteiger partial charge in [0.05, 0.1) is 0 Å². The third-order valence-electron chi connectivity index (χ3n) is 2.33. The van der Waals surface area contributed by atoms with Gasteiger partial charge in [-0.1, -0.05) is 0 Å². The monoisotopic (exact) mass is 283 g/mol. The molecule has 0 saturated heterocycles. The van der Waals surface area contributed by atoms with Gasteiger partial charge in [0, 0.05) is 0 Å². The number of hydrogen-bond donors (Lipinski definition) is 1. The average Bonchev–Trinajstić information content (AvgIpc) is 1.79. The first-order valence-corrected chi connectivity index (χ1v) is 9.30. The van der Waals surface area contributed by atoms with Crippen molar-refractivity contribution >= 4 is 20.8 Å². The van der Waals surface area contributed by atoms with E-state index < -0.39 is 5.66 Å². The summed E-state index contributed by atoms with van der Waals surface area (Å²) in [5.41, 5.74) is -1.27. The van der Waals surface area contributed by atoms with Gasteiger partial charge in [0.15, 0.2) is 0 Å². The van der Waals surface area contributed by atoms with Crippen LogP contribution in [0.5, 0.6) is 0 Å². The summed E-state index contributed by atoms with van der Waals surface area (Å²) >= 11 is 3.50. The SMILES string of the molecule is CC(C)NP(=[Se])(C(C)(C)C)C(C)(C)C. The fourth-order valence-electron chi connectivity index (χ4n) is 1.76. The first-order valence-electron chi connectivity index (χ1n) is 5.30. The molecule has 0 aromatic carbocycles. The zero-order valence-electron chi connectivity index (χ0n) is 10.9. The van der Waals surface area contributed by atoms with Crippen molar-refractivity contribution in [3.63, 3.8) is 0 Å². The Morgan fingerprint density at radius 1 is 0.929 bits per heavy atom. The molecule has 0 fully saturated rings. The first-order chi connectivity index (χ1) is 5.92. The molecule has 1 nitrogen and oxygen atoms in total. The van der Waals surface area contributed by atoms with Crippen LogP contribution in [0, 0.1) is 0 Å². The Hall–Kier alpha value is 0.909. The van der Waals surface area contributed by atoms with Gasteiger partial charge in [-0.3, -0.25) is 0 Å². The van der Waals surface area contributed by atoms with Crippen molar-refractivity contribution in [3.05, 3.63) is 0 Å². The normalized spacial score (nSPS) is 14.9. The van der Waals surface area contributed by atoms with E-state index in [9.17, 15) is 0 Å². The standard InChI is InChI=1S/C11H26NPSe/c1-9(2)12-13(14,10(3,4)5)11(6,7)8/h9H,1-8H3,(H,12,14). The summed E-state index contributed by atoms with van der Waals surface area (Å²) in [4.78, 5) is 0. The van der Waals surface area contributed by atoms with Crippen LogP contribution in [0.25, 0.3) is 0 Å². The average molecular weight is 282 g/mol. The Labute approximate surface area is 97.7 Å². The summed E-state index contributed by atoms with van der Waals surface area (Å²) in [5.74, 6) is 0. The van der Waals surface area contributed by atoms with E-state index in [1.807, 2.05) is 0 Å². The van der Waals surface area contributed by atoms with Crippen molar-refractivity contribution in [2.45, 2.75) is 71.7 Å². The van der Waals surface area contributed by atoms with Crippen LogP contribution in [0.4, 0.5) is 0 Å². The van der Waals surface area contributed by atoms with Crippen LogP contribution in [0.15, 0.2) is 0 Å². The second-order valence-electron chi connectivity index (χ2n) is 6.23. The predicted octanol–water partition coefficient (Wildman–Crippen LogP) is 3.60. The molecule has 0 saturated carbocycles. The molecule has 0 aliphatic carbocycles. The van der Waals surface area contributed by atoms with E-state index >= 15 is 0 Å². The third-order valence-corrected chi connectivity index (χ3v) is 14.5. The molecule has 14 heavy (non-hydrogen) atoms. The van der Waals surface area contributed by atoms with E-state index in [1.165, 1.54) is 0 Å². The molecule has 0 bridgehead atoms. The van der Waals surface area contributed by atoms with Crippen LogP contribution in [0.2, 0.25) is 0 Å². The zero-order valence-corrected chi connectivity index (χ0v) is 13.5. The maximum atomic E-state index is 3.79. The van der Waals surface area contributed by atoms with Gasteiger partial charge in [-0.2, -0.15) is 0 Å². The van der Waals surface area contributed by atoms with Crippen molar-refractivity contribution in [2.24, 2.45) is 0 Å². The van der Waals surface area contributed by atoms with Gasteiger partial charge in [0.25, 0.3) is 0 Å². The summed E-state index contributed by atoms with van der Waals surface area (Å²) in [5, 5.41) is 4.42. The fraction of sp³-hybridized carbons (Fsp3) is 1.00. The second kappa shape index (κ2) is 4.42. The predicted molar refractivity (Wildman–Crippen MR) is 70.5 cm³/mol. The number of nitrogens with one attached hydrogen (secondary N) is 1. The van der Waals surface area contributed by atoms with Crippen molar-refractivity contribution < 1.29 is 0 Å². The molecule has 0 aliphatic heterocycles. The van der Waals surface area contributed by atoms with Gasteiger partial charge in [-0.05, 0) is 0 Å². The molecule has 0 amide bonds. The zero-order chi connectivity index (χ0) is 11.8. The van der Waals surface area contributed by atoms with Crippen LogP contribution in [0.1, 0.15) is 55.4 Å². The van der Waals surface area contributed by atoms with E-state index in [2.05, 4.69) is 75.6 Å². The molecule has 0 radical (unpaired) electrons. The summed E-state index contributed by atoms with van der Waals surface area (Å²) in [6, 6.07) is 0.544. The summed E-state index contributed by atoms with van der Waals surface area (Å²) < 4.78 is 0. The van der Waals surface area contributed by atoms with E-state index in [4.69, 9.17) is 0 Å². The van der Waals surface area contributed by atoms with Gasteiger partial charge in [-0.25, -0.2) is 0 Å². The quantitative estimate of drug-likeness (QED) is 0.603. The van der Waals surface area contributed by atoms with E-state index in [0.717, 1.165) is 0 Å². The van der Waals surface area contributed by atoms with Crippen molar-refractivity contribution in [1.29, 1.82) is 0 Å². The van der Waals surface area contributed by atoms with Crippen molar-refractivity contribution in [2.75, 3.05) is 0 Å². The summed E-state index contributed by atoms with van der Waals surface area (Å²) in [6.07, 6.45) is 0. The minimum absolute atomic E-state index is 0.315. The van der Waals surface area contributed by atoms with Crippen LogP contribution < -0.4 is 5.09 Å². The van der Waals surface area contributed by atoms with Gasteiger partial charge in [-0.15, -0.1) is 0 Å². The van der Waals surface area contributed by atoms with Gasteiger partial charge in [0.1, 0.15) is 0 Å². The summed E-state index contributed by atoms with van der Waals surface area (Å²) in [7, 11) is 0. The van der Waals surface area contributed by atoms with Gasteiger partial charge in [0.2, 0.25) is 0 Å². The maximum absolute atomic E-state index is 3.79. The van der Waals surface area contributed by atoms with Crippen molar-refractivity contribution in [3.8, 4) is 0 Å². The number of hydrogen-bond acceptors (Lipinski definition) is 1. The Kier molecular flexibility index (Phi) is 4.70. The van der Waals surface area contributed by atoms with Gasteiger partial charge >= 0.3 is 97.6 Å². The Morgan fingerprint density at radius 2 is 1.21 bits per heavy atom. The van der Waals surface area contributed by atoms with E-state index in [1.54, 1.807) is 0 Å². The Bertz CT molecular complexity index is 215. The van der Waals surface area contributed by atoms with Crippen molar-refractivity contribution in [1.82, 2.24) is 5.09 Å². The molecule has 0 heterocycles. The Balaban J connectivity index is 5.20. The molecule has 0 aliphatic rings. The molecule has 0 spiro atoms. The second-order valence-corrected chi connectivity index (χ2v) is 13.8. The molecular weight excluding hydrogens is 256 g/mol. The molecule has 0 rings (SSSR count). The molecule has 0 aromatic rings. The Morgan fingerprint density at radius 3 is 1.29 bits per heavy atom. The molecule has 86 valence electrons. The first kappa shape index (κ1) is 14.9. The molecule has 0 atom stereocenters. The molecule has 0 aromatic heterocycles. The molecule has 1 N–H and O–H groups in total. The van der Waals surface area contributed by atoms with E-state index in [-0.39, 0.29) is 0 Å². The van der Waals surface area contributed by atoms with Gasteiger partial charge < -0.3 is 0 Å². The fourth-order valence-corrected chi connectivity index (χ4v) is 6.60. The minimum atomic E-state index is -1.27. The molecule has 0 unspecified atom stereocenters. The van der Waals surface area contributed by atoms with Crippen LogP contribution in [0.3, 0.4) is 0 Å². The summed E-state index contributed by atoms with van der Waals surface area (Å²) in [6.45, 7) is 18.4. The molecular formula is C11H26NPSe.